The van der Waals surface area contributed by atoms with Crippen molar-refractivity contribution in [3.05, 3.63) is 6.33 Å². The molecular formula is C11H20N6O3S. The van der Waals surface area contributed by atoms with Gasteiger partial charge in [0.25, 0.3) is 0 Å². The van der Waals surface area contributed by atoms with Crippen molar-refractivity contribution >= 4 is 15.9 Å². The third-order valence-corrected chi connectivity index (χ3v) is 4.24. The standard InChI is InChI=1S/C11H20N6O3S/c1-3-4-9-5-16(6-10(9)13-21(2,19)20)11(18)7-17-8-12-14-15-17/h8-10,13H,3-7H2,1-2H3/t9-,10-/m1/s1. The van der Waals surface area contributed by atoms with Gasteiger partial charge < -0.3 is 4.90 Å². The third-order valence-electron chi connectivity index (χ3n) is 3.51. The van der Waals surface area contributed by atoms with Crippen LogP contribution in [0.1, 0.15) is 19.8 Å². The number of nitrogens with zero attached hydrogens (tertiary/aromatic N) is 5. The molecule has 0 aliphatic carbocycles. The number of aromatic nitrogens is 4. The summed E-state index contributed by atoms with van der Waals surface area (Å²) in [6.07, 6.45) is 4.34. The van der Waals surface area contributed by atoms with E-state index in [9.17, 15) is 13.2 Å². The van der Waals surface area contributed by atoms with Gasteiger partial charge in [0.05, 0.1) is 6.26 Å². The molecule has 1 N–H and O–H groups in total. The van der Waals surface area contributed by atoms with Gasteiger partial charge in [-0.2, -0.15) is 0 Å². The zero-order valence-corrected chi connectivity index (χ0v) is 13.0. The lowest BCUT2D eigenvalue weighted by Gasteiger charge is -2.17. The maximum Gasteiger partial charge on any atom is 0.244 e. The van der Waals surface area contributed by atoms with Gasteiger partial charge in [0.15, 0.2) is 0 Å². The summed E-state index contributed by atoms with van der Waals surface area (Å²) in [5, 5.41) is 10.6. The second-order valence-corrected chi connectivity index (χ2v) is 7.13. The molecule has 10 heteroatoms. The summed E-state index contributed by atoms with van der Waals surface area (Å²) in [5.41, 5.74) is 0. The fourth-order valence-electron chi connectivity index (χ4n) is 2.64. The molecule has 1 aliphatic rings. The molecule has 0 bridgehead atoms. The van der Waals surface area contributed by atoms with Crippen LogP contribution in [0.5, 0.6) is 0 Å². The minimum Gasteiger partial charge on any atom is -0.339 e. The summed E-state index contributed by atoms with van der Waals surface area (Å²) in [6, 6.07) is -0.224. The van der Waals surface area contributed by atoms with Crippen LogP contribution in [-0.4, -0.2) is 64.8 Å². The normalized spacial score (nSPS) is 22.7. The number of nitrogens with one attached hydrogen (secondary N) is 1. The molecule has 2 heterocycles. The summed E-state index contributed by atoms with van der Waals surface area (Å²) < 4.78 is 26.8. The predicted octanol–water partition coefficient (Wildman–Crippen LogP) is -1.15. The second kappa shape index (κ2) is 6.48. The van der Waals surface area contributed by atoms with Crippen molar-refractivity contribution in [3.63, 3.8) is 0 Å². The number of carbonyl (C=O) groups is 1. The average Bonchev–Trinajstić information content (AvgIpc) is 2.99. The highest BCUT2D eigenvalue weighted by Crippen LogP contribution is 2.22. The van der Waals surface area contributed by atoms with E-state index in [1.165, 1.54) is 11.0 Å². The SMILES string of the molecule is CCC[C@@H]1CN(C(=O)Cn2cnnn2)C[C@H]1NS(C)(=O)=O. The zero-order valence-electron chi connectivity index (χ0n) is 12.1. The Bertz CT molecular complexity index is 573. The number of hydrogen-bond donors (Lipinski definition) is 1. The monoisotopic (exact) mass is 316 g/mol. The van der Waals surface area contributed by atoms with Gasteiger partial charge in [0.1, 0.15) is 12.9 Å². The van der Waals surface area contributed by atoms with Crippen molar-refractivity contribution in [1.29, 1.82) is 0 Å². The van der Waals surface area contributed by atoms with E-state index in [-0.39, 0.29) is 24.4 Å². The van der Waals surface area contributed by atoms with Crippen LogP contribution < -0.4 is 4.72 Å². The molecule has 2 rings (SSSR count). The molecule has 1 amide bonds. The first-order chi connectivity index (χ1) is 9.89. The summed E-state index contributed by atoms with van der Waals surface area (Å²) in [7, 11) is -3.28. The molecule has 2 atom stereocenters. The Hall–Kier alpha value is -1.55. The molecule has 1 fully saturated rings. The van der Waals surface area contributed by atoms with Crippen molar-refractivity contribution in [3.8, 4) is 0 Å². The fourth-order valence-corrected chi connectivity index (χ4v) is 3.45. The highest BCUT2D eigenvalue weighted by molar-refractivity contribution is 7.88. The molecule has 0 saturated carbocycles. The first-order valence-corrected chi connectivity index (χ1v) is 8.74. The molecule has 1 aromatic heterocycles. The van der Waals surface area contributed by atoms with E-state index < -0.39 is 10.0 Å². The van der Waals surface area contributed by atoms with E-state index in [1.54, 1.807) is 4.90 Å². The van der Waals surface area contributed by atoms with E-state index in [0.717, 1.165) is 19.1 Å². The Labute approximate surface area is 123 Å². The van der Waals surface area contributed by atoms with Gasteiger partial charge >= 0.3 is 0 Å². The molecule has 21 heavy (non-hydrogen) atoms. The maximum absolute atomic E-state index is 12.2. The largest absolute Gasteiger partial charge is 0.339 e. The van der Waals surface area contributed by atoms with Crippen LogP contribution in [0.4, 0.5) is 0 Å². The number of amides is 1. The number of tetrazole rings is 1. The first-order valence-electron chi connectivity index (χ1n) is 6.85. The quantitative estimate of drug-likeness (QED) is 0.709. The van der Waals surface area contributed by atoms with E-state index in [4.69, 9.17) is 0 Å². The average molecular weight is 316 g/mol. The summed E-state index contributed by atoms with van der Waals surface area (Å²) in [6.45, 7) is 3.06. The first kappa shape index (κ1) is 15.8. The van der Waals surface area contributed by atoms with Crippen molar-refractivity contribution < 1.29 is 13.2 Å². The van der Waals surface area contributed by atoms with Crippen LogP contribution in [0.15, 0.2) is 6.33 Å². The Morgan fingerprint density at radius 3 is 2.76 bits per heavy atom. The molecular weight excluding hydrogens is 296 g/mol. The number of sulfonamides is 1. The molecule has 9 nitrogen and oxygen atoms in total. The van der Waals surface area contributed by atoms with Crippen LogP contribution in [0.3, 0.4) is 0 Å². The van der Waals surface area contributed by atoms with Crippen molar-refractivity contribution in [2.45, 2.75) is 32.4 Å². The van der Waals surface area contributed by atoms with Gasteiger partial charge in [-0.15, -0.1) is 5.10 Å². The van der Waals surface area contributed by atoms with Gasteiger partial charge in [-0.1, -0.05) is 13.3 Å². The van der Waals surface area contributed by atoms with Crippen LogP contribution in [-0.2, 0) is 21.4 Å². The maximum atomic E-state index is 12.2. The number of rotatable bonds is 6. The smallest absolute Gasteiger partial charge is 0.244 e. The molecule has 0 spiro atoms. The minimum absolute atomic E-state index is 0.0669. The van der Waals surface area contributed by atoms with Gasteiger partial charge in [-0.25, -0.2) is 17.8 Å². The Balaban J connectivity index is 2.00. The van der Waals surface area contributed by atoms with Gasteiger partial charge in [0, 0.05) is 19.1 Å². The summed E-state index contributed by atoms with van der Waals surface area (Å²) in [4.78, 5) is 13.9. The van der Waals surface area contributed by atoms with E-state index in [2.05, 4.69) is 20.2 Å². The molecule has 0 radical (unpaired) electrons. The topological polar surface area (TPSA) is 110 Å². The lowest BCUT2D eigenvalue weighted by atomic mass is 9.99. The molecule has 0 aromatic carbocycles. The Morgan fingerprint density at radius 1 is 1.43 bits per heavy atom. The lowest BCUT2D eigenvalue weighted by Crippen LogP contribution is -2.40. The van der Waals surface area contributed by atoms with E-state index in [0.29, 0.717) is 13.1 Å². The van der Waals surface area contributed by atoms with Crippen LogP contribution in [0.2, 0.25) is 0 Å². The number of carbonyl (C=O) groups excluding carboxylic acids is 1. The predicted molar refractivity (Wildman–Crippen MR) is 74.6 cm³/mol. The van der Waals surface area contributed by atoms with E-state index in [1.807, 2.05) is 6.92 Å². The zero-order chi connectivity index (χ0) is 15.5. The van der Waals surface area contributed by atoms with E-state index >= 15 is 0 Å². The Morgan fingerprint density at radius 2 is 2.19 bits per heavy atom. The van der Waals surface area contributed by atoms with Crippen LogP contribution >= 0.6 is 0 Å². The van der Waals surface area contributed by atoms with Gasteiger partial charge in [0.2, 0.25) is 15.9 Å². The molecule has 1 saturated heterocycles. The van der Waals surface area contributed by atoms with Gasteiger partial charge in [-0.05, 0) is 22.8 Å². The summed E-state index contributed by atoms with van der Waals surface area (Å²) in [5.74, 6) is 0.0313. The number of likely N-dealkylation sites (tertiary alicyclic amines) is 1. The number of hydrogen-bond acceptors (Lipinski definition) is 6. The van der Waals surface area contributed by atoms with Crippen LogP contribution in [0.25, 0.3) is 0 Å². The van der Waals surface area contributed by atoms with Crippen molar-refractivity contribution in [2.24, 2.45) is 5.92 Å². The molecule has 1 aliphatic heterocycles. The van der Waals surface area contributed by atoms with Crippen LogP contribution in [0, 0.1) is 5.92 Å². The highest BCUT2D eigenvalue weighted by atomic mass is 32.2. The minimum atomic E-state index is -3.28. The second-order valence-electron chi connectivity index (χ2n) is 5.35. The Kier molecular flexibility index (Phi) is 4.88. The van der Waals surface area contributed by atoms with Crippen molar-refractivity contribution in [1.82, 2.24) is 29.8 Å². The van der Waals surface area contributed by atoms with Gasteiger partial charge in [-0.3, -0.25) is 4.79 Å². The fraction of sp³-hybridized carbons (Fsp3) is 0.818. The highest BCUT2D eigenvalue weighted by Gasteiger charge is 2.36. The molecule has 1 aromatic rings. The summed E-state index contributed by atoms with van der Waals surface area (Å²) >= 11 is 0. The molecule has 0 unspecified atom stereocenters. The third kappa shape index (κ3) is 4.46. The lowest BCUT2D eigenvalue weighted by molar-refractivity contribution is -0.131. The molecule has 118 valence electrons. The van der Waals surface area contributed by atoms with Crippen molar-refractivity contribution in [2.75, 3.05) is 19.3 Å².